The van der Waals surface area contributed by atoms with Crippen LogP contribution < -0.4 is 0 Å². The van der Waals surface area contributed by atoms with E-state index in [-0.39, 0.29) is 0 Å². The standard InChI is InChI=1S/C10H8OS2/c11-10-6-9(7-12-10)13-8-4-2-1-3-5-8/h1-7,11H. The summed E-state index contributed by atoms with van der Waals surface area (Å²) in [7, 11) is 0. The monoisotopic (exact) mass is 208 g/mol. The average Bonchev–Trinajstić information content (AvgIpc) is 2.53. The smallest absolute Gasteiger partial charge is 0.172 e. The molecule has 0 spiro atoms. The van der Waals surface area contributed by atoms with Gasteiger partial charge in [-0.25, -0.2) is 0 Å². The highest BCUT2D eigenvalue weighted by molar-refractivity contribution is 7.99. The molecule has 0 bridgehead atoms. The maximum absolute atomic E-state index is 9.14. The third-order valence-corrected chi connectivity index (χ3v) is 3.40. The lowest BCUT2D eigenvalue weighted by Crippen LogP contribution is -1.67. The summed E-state index contributed by atoms with van der Waals surface area (Å²) in [5, 5.41) is 11.5. The van der Waals surface area contributed by atoms with E-state index in [1.807, 2.05) is 23.6 Å². The molecule has 0 aliphatic rings. The minimum Gasteiger partial charge on any atom is -0.499 e. The summed E-state index contributed by atoms with van der Waals surface area (Å²) < 4.78 is 0. The molecule has 1 aromatic heterocycles. The number of hydrogen-bond donors (Lipinski definition) is 1. The molecule has 2 rings (SSSR count). The lowest BCUT2D eigenvalue weighted by atomic mass is 10.4. The number of benzene rings is 1. The number of aromatic hydroxyl groups is 1. The van der Waals surface area contributed by atoms with Crippen LogP contribution in [-0.4, -0.2) is 5.11 Å². The third-order valence-electron chi connectivity index (χ3n) is 1.54. The molecule has 13 heavy (non-hydrogen) atoms. The molecular weight excluding hydrogens is 200 g/mol. The largest absolute Gasteiger partial charge is 0.499 e. The average molecular weight is 208 g/mol. The highest BCUT2D eigenvalue weighted by Crippen LogP contribution is 2.33. The second-order valence-electron chi connectivity index (χ2n) is 2.54. The second kappa shape index (κ2) is 3.85. The topological polar surface area (TPSA) is 20.2 Å². The van der Waals surface area contributed by atoms with Gasteiger partial charge in [0.1, 0.15) is 0 Å². The summed E-state index contributed by atoms with van der Waals surface area (Å²) in [6.07, 6.45) is 0. The van der Waals surface area contributed by atoms with Crippen molar-refractivity contribution in [2.24, 2.45) is 0 Å². The van der Waals surface area contributed by atoms with Crippen molar-refractivity contribution in [3.63, 3.8) is 0 Å². The molecule has 66 valence electrons. The number of rotatable bonds is 2. The van der Waals surface area contributed by atoms with E-state index in [1.54, 1.807) is 17.8 Å². The zero-order chi connectivity index (χ0) is 9.10. The lowest BCUT2D eigenvalue weighted by molar-refractivity contribution is 0.490. The minimum absolute atomic E-state index is 0.374. The Bertz CT molecular complexity index is 381. The predicted octanol–water partition coefficient (Wildman–Crippen LogP) is 3.60. The van der Waals surface area contributed by atoms with Gasteiger partial charge in [0.25, 0.3) is 0 Å². The molecule has 0 saturated carbocycles. The highest BCUT2D eigenvalue weighted by atomic mass is 32.2. The summed E-state index contributed by atoms with van der Waals surface area (Å²) in [6, 6.07) is 11.9. The Balaban J connectivity index is 2.15. The Morgan fingerprint density at radius 2 is 1.85 bits per heavy atom. The van der Waals surface area contributed by atoms with Crippen LogP contribution in [0.25, 0.3) is 0 Å². The molecule has 0 aliphatic carbocycles. The molecule has 0 radical (unpaired) electrons. The first-order chi connectivity index (χ1) is 6.34. The Morgan fingerprint density at radius 3 is 2.46 bits per heavy atom. The Hall–Kier alpha value is -0.930. The van der Waals surface area contributed by atoms with Crippen molar-refractivity contribution >= 4 is 23.1 Å². The summed E-state index contributed by atoms with van der Waals surface area (Å²) in [5.74, 6) is 0. The van der Waals surface area contributed by atoms with Gasteiger partial charge in [0.05, 0.1) is 0 Å². The number of thiophene rings is 1. The van der Waals surface area contributed by atoms with Crippen LogP contribution in [0.4, 0.5) is 0 Å². The molecule has 0 atom stereocenters. The van der Waals surface area contributed by atoms with Gasteiger partial charge in [0.2, 0.25) is 0 Å². The van der Waals surface area contributed by atoms with Crippen molar-refractivity contribution in [2.75, 3.05) is 0 Å². The van der Waals surface area contributed by atoms with E-state index in [0.29, 0.717) is 5.06 Å². The minimum atomic E-state index is 0.374. The molecule has 3 heteroatoms. The predicted molar refractivity (Wildman–Crippen MR) is 56.5 cm³/mol. The van der Waals surface area contributed by atoms with Gasteiger partial charge in [0.15, 0.2) is 5.06 Å². The van der Waals surface area contributed by atoms with Gasteiger partial charge in [-0.1, -0.05) is 30.0 Å². The molecule has 0 fully saturated rings. The maximum Gasteiger partial charge on any atom is 0.172 e. The second-order valence-corrected chi connectivity index (χ2v) is 4.57. The lowest BCUT2D eigenvalue weighted by Gasteiger charge is -1.95. The fourth-order valence-electron chi connectivity index (χ4n) is 0.986. The van der Waals surface area contributed by atoms with E-state index >= 15 is 0 Å². The van der Waals surface area contributed by atoms with Gasteiger partial charge in [-0.15, -0.1) is 11.3 Å². The van der Waals surface area contributed by atoms with Gasteiger partial charge >= 0.3 is 0 Å². The first kappa shape index (κ1) is 8.66. The van der Waals surface area contributed by atoms with Crippen molar-refractivity contribution in [2.45, 2.75) is 9.79 Å². The molecule has 1 aromatic carbocycles. The van der Waals surface area contributed by atoms with Gasteiger partial charge in [-0.05, 0) is 12.1 Å². The molecule has 1 heterocycles. The quantitative estimate of drug-likeness (QED) is 0.813. The summed E-state index contributed by atoms with van der Waals surface area (Å²) in [5.41, 5.74) is 0. The molecule has 0 aliphatic heterocycles. The number of hydrogen-bond acceptors (Lipinski definition) is 3. The van der Waals surface area contributed by atoms with Crippen LogP contribution >= 0.6 is 23.1 Å². The van der Waals surface area contributed by atoms with E-state index in [4.69, 9.17) is 5.11 Å². The van der Waals surface area contributed by atoms with Crippen LogP contribution in [0.2, 0.25) is 0 Å². The molecular formula is C10H8OS2. The fraction of sp³-hybridized carbons (Fsp3) is 0. The summed E-state index contributed by atoms with van der Waals surface area (Å²) in [6.45, 7) is 0. The van der Waals surface area contributed by atoms with Gasteiger partial charge in [-0.3, -0.25) is 0 Å². The normalized spacial score (nSPS) is 10.2. The van der Waals surface area contributed by atoms with Gasteiger partial charge in [0, 0.05) is 21.2 Å². The first-order valence-corrected chi connectivity index (χ1v) is 5.54. The molecule has 0 saturated heterocycles. The van der Waals surface area contributed by atoms with Crippen molar-refractivity contribution < 1.29 is 5.11 Å². The molecule has 0 unspecified atom stereocenters. The van der Waals surface area contributed by atoms with E-state index in [9.17, 15) is 0 Å². The van der Waals surface area contributed by atoms with Crippen LogP contribution in [0.1, 0.15) is 0 Å². The molecule has 1 nitrogen and oxygen atoms in total. The summed E-state index contributed by atoms with van der Waals surface area (Å²) in [4.78, 5) is 2.29. The van der Waals surface area contributed by atoms with Gasteiger partial charge in [-0.2, -0.15) is 0 Å². The van der Waals surface area contributed by atoms with Crippen molar-refractivity contribution in [3.05, 3.63) is 41.8 Å². The SMILES string of the molecule is Oc1cc(Sc2ccccc2)cs1. The van der Waals surface area contributed by atoms with Crippen LogP contribution in [0.3, 0.4) is 0 Å². The van der Waals surface area contributed by atoms with Crippen LogP contribution in [0.5, 0.6) is 5.06 Å². The van der Waals surface area contributed by atoms with Crippen LogP contribution in [0.15, 0.2) is 51.6 Å². The van der Waals surface area contributed by atoms with Crippen LogP contribution in [-0.2, 0) is 0 Å². The van der Waals surface area contributed by atoms with Crippen molar-refractivity contribution in [1.82, 2.24) is 0 Å². The van der Waals surface area contributed by atoms with E-state index in [2.05, 4.69) is 12.1 Å². The Kier molecular flexibility index (Phi) is 2.57. The van der Waals surface area contributed by atoms with E-state index < -0.39 is 0 Å². The summed E-state index contributed by atoms with van der Waals surface area (Å²) >= 11 is 3.02. The maximum atomic E-state index is 9.14. The third kappa shape index (κ3) is 2.26. The molecule has 2 aromatic rings. The van der Waals surface area contributed by atoms with Gasteiger partial charge < -0.3 is 5.11 Å². The Labute approximate surface area is 85.0 Å². The molecule has 0 amide bonds. The molecule has 1 N–H and O–H groups in total. The zero-order valence-corrected chi connectivity index (χ0v) is 8.44. The fourth-order valence-corrected chi connectivity index (χ4v) is 2.63. The highest BCUT2D eigenvalue weighted by Gasteiger charge is 1.99. The van der Waals surface area contributed by atoms with E-state index in [1.165, 1.54) is 16.2 Å². The van der Waals surface area contributed by atoms with E-state index in [0.717, 1.165) is 4.90 Å². The zero-order valence-electron chi connectivity index (χ0n) is 6.81. The van der Waals surface area contributed by atoms with Crippen molar-refractivity contribution in [3.8, 4) is 5.06 Å². The van der Waals surface area contributed by atoms with Crippen molar-refractivity contribution in [1.29, 1.82) is 0 Å². The first-order valence-electron chi connectivity index (χ1n) is 3.85. The Morgan fingerprint density at radius 1 is 1.08 bits per heavy atom. The van der Waals surface area contributed by atoms with Crippen LogP contribution in [0, 0.1) is 0 Å².